The molecule has 1 fully saturated rings. The van der Waals surface area contributed by atoms with Gasteiger partial charge in [0.2, 0.25) is 5.91 Å². The fourth-order valence-electron chi connectivity index (χ4n) is 2.25. The minimum atomic E-state index is -0.832. The first kappa shape index (κ1) is 15.4. The van der Waals surface area contributed by atoms with Gasteiger partial charge in [-0.1, -0.05) is 27.2 Å². The van der Waals surface area contributed by atoms with E-state index < -0.39 is 5.60 Å². The van der Waals surface area contributed by atoms with E-state index in [2.05, 4.69) is 17.1 Å². The van der Waals surface area contributed by atoms with Gasteiger partial charge in [0.25, 0.3) is 0 Å². The lowest BCUT2D eigenvalue weighted by atomic mass is 9.92. The molecule has 18 heavy (non-hydrogen) atoms. The highest BCUT2D eigenvalue weighted by Crippen LogP contribution is 2.18. The summed E-state index contributed by atoms with van der Waals surface area (Å²) < 4.78 is 0. The predicted molar refractivity (Wildman–Crippen MR) is 73.4 cm³/mol. The van der Waals surface area contributed by atoms with Crippen LogP contribution in [0, 0.1) is 5.92 Å². The monoisotopic (exact) mass is 256 g/mol. The lowest BCUT2D eigenvalue weighted by Gasteiger charge is -2.35. The first-order chi connectivity index (χ1) is 8.38. The molecular weight excluding hydrogens is 228 g/mol. The number of carbonyl (C=O) groups is 1. The molecule has 0 bridgehead atoms. The molecule has 1 amide bonds. The smallest absolute Gasteiger partial charge is 0.237 e. The fraction of sp³-hybridized carbons (Fsp3) is 0.929. The predicted octanol–water partition coefficient (Wildman–Crippen LogP) is 1.38. The Kier molecular flexibility index (Phi) is 5.60. The second kappa shape index (κ2) is 6.53. The molecule has 1 heterocycles. The van der Waals surface area contributed by atoms with E-state index in [1.165, 1.54) is 6.42 Å². The molecule has 2 N–H and O–H groups in total. The molecule has 0 aliphatic carbocycles. The molecule has 2 atom stereocenters. The van der Waals surface area contributed by atoms with Gasteiger partial charge in [0.1, 0.15) is 0 Å². The van der Waals surface area contributed by atoms with E-state index in [9.17, 15) is 9.90 Å². The Morgan fingerprint density at radius 2 is 2.17 bits per heavy atom. The van der Waals surface area contributed by atoms with Crippen LogP contribution in [-0.4, -0.2) is 47.2 Å². The zero-order chi connectivity index (χ0) is 13.8. The number of amides is 1. The van der Waals surface area contributed by atoms with Gasteiger partial charge < -0.3 is 10.4 Å². The van der Waals surface area contributed by atoms with Gasteiger partial charge in [-0.2, -0.15) is 0 Å². The normalized spacial score (nSPS) is 24.9. The molecule has 1 saturated heterocycles. The average molecular weight is 256 g/mol. The van der Waals surface area contributed by atoms with Crippen molar-refractivity contribution in [3.05, 3.63) is 0 Å². The summed E-state index contributed by atoms with van der Waals surface area (Å²) in [6.45, 7) is 10.0. The summed E-state index contributed by atoms with van der Waals surface area (Å²) in [5, 5.41) is 13.0. The highest BCUT2D eigenvalue weighted by molar-refractivity contribution is 5.81. The van der Waals surface area contributed by atoms with Crippen molar-refractivity contribution in [1.82, 2.24) is 10.2 Å². The number of nitrogens with one attached hydrogen (secondary N) is 1. The minimum Gasteiger partial charge on any atom is -0.388 e. The van der Waals surface area contributed by atoms with Gasteiger partial charge in [-0.05, 0) is 38.8 Å². The summed E-state index contributed by atoms with van der Waals surface area (Å²) in [5.74, 6) is 0.198. The third-order valence-corrected chi connectivity index (χ3v) is 4.19. The molecule has 0 saturated carbocycles. The molecule has 0 aromatic heterocycles. The molecule has 0 spiro atoms. The van der Waals surface area contributed by atoms with Crippen molar-refractivity contribution in [2.75, 3.05) is 19.6 Å². The van der Waals surface area contributed by atoms with E-state index in [0.29, 0.717) is 6.54 Å². The van der Waals surface area contributed by atoms with Crippen LogP contribution >= 0.6 is 0 Å². The number of likely N-dealkylation sites (tertiary alicyclic amines) is 1. The number of nitrogens with zero attached hydrogens (tertiary/aromatic N) is 1. The summed E-state index contributed by atoms with van der Waals surface area (Å²) in [6, 6.07) is -0.00767. The molecule has 1 aliphatic heterocycles. The van der Waals surface area contributed by atoms with Crippen molar-refractivity contribution >= 4 is 5.91 Å². The number of likely N-dealkylation sites (N-methyl/N-ethyl adjacent to an activating group) is 1. The molecule has 1 aliphatic rings. The third kappa shape index (κ3) is 3.95. The van der Waals surface area contributed by atoms with E-state index in [0.717, 1.165) is 25.9 Å². The lowest BCUT2D eigenvalue weighted by molar-refractivity contribution is -0.129. The Hall–Kier alpha value is -0.610. The maximum Gasteiger partial charge on any atom is 0.237 e. The van der Waals surface area contributed by atoms with E-state index in [1.807, 2.05) is 13.8 Å². The number of hydrogen-bond donors (Lipinski definition) is 2. The molecule has 4 nitrogen and oxygen atoms in total. The zero-order valence-electron chi connectivity index (χ0n) is 12.2. The summed E-state index contributed by atoms with van der Waals surface area (Å²) in [6.07, 6.45) is 3.24. The summed E-state index contributed by atoms with van der Waals surface area (Å²) >= 11 is 0. The maximum atomic E-state index is 12.2. The van der Waals surface area contributed by atoms with Gasteiger partial charge in [0, 0.05) is 6.54 Å². The van der Waals surface area contributed by atoms with Crippen LogP contribution in [-0.2, 0) is 4.79 Å². The Morgan fingerprint density at radius 1 is 1.50 bits per heavy atom. The van der Waals surface area contributed by atoms with Crippen molar-refractivity contribution < 1.29 is 9.90 Å². The molecule has 4 heteroatoms. The van der Waals surface area contributed by atoms with E-state index >= 15 is 0 Å². The van der Waals surface area contributed by atoms with Crippen LogP contribution in [0.5, 0.6) is 0 Å². The molecule has 1 rings (SSSR count). The number of aliphatic hydroxyl groups is 1. The summed E-state index contributed by atoms with van der Waals surface area (Å²) in [5.41, 5.74) is -0.832. The lowest BCUT2D eigenvalue weighted by Crippen LogP contribution is -2.53. The molecule has 106 valence electrons. The molecule has 0 aromatic rings. The van der Waals surface area contributed by atoms with Gasteiger partial charge in [-0.15, -0.1) is 0 Å². The SMILES string of the molecule is CCN1CCCCC1C(=O)NCC(C)(O)C(C)C. The summed E-state index contributed by atoms with van der Waals surface area (Å²) in [7, 11) is 0. The van der Waals surface area contributed by atoms with Gasteiger partial charge in [0.15, 0.2) is 0 Å². The van der Waals surface area contributed by atoms with Crippen molar-refractivity contribution in [3.8, 4) is 0 Å². The van der Waals surface area contributed by atoms with E-state index in [4.69, 9.17) is 0 Å². The Balaban J connectivity index is 2.49. The maximum absolute atomic E-state index is 12.2. The quantitative estimate of drug-likeness (QED) is 0.781. The topological polar surface area (TPSA) is 52.6 Å². The van der Waals surface area contributed by atoms with Crippen molar-refractivity contribution in [3.63, 3.8) is 0 Å². The van der Waals surface area contributed by atoms with E-state index in [1.54, 1.807) is 6.92 Å². The van der Waals surface area contributed by atoms with Crippen LogP contribution < -0.4 is 5.32 Å². The van der Waals surface area contributed by atoms with Crippen LogP contribution in [0.4, 0.5) is 0 Å². The Bertz CT molecular complexity index is 277. The van der Waals surface area contributed by atoms with Crippen LogP contribution in [0.3, 0.4) is 0 Å². The molecule has 0 aromatic carbocycles. The molecule has 2 unspecified atom stereocenters. The van der Waals surface area contributed by atoms with Crippen molar-refractivity contribution in [2.24, 2.45) is 5.92 Å². The average Bonchev–Trinajstić information content (AvgIpc) is 2.35. The molecular formula is C14H28N2O2. The first-order valence-electron chi connectivity index (χ1n) is 7.12. The fourth-order valence-corrected chi connectivity index (χ4v) is 2.25. The number of piperidine rings is 1. The number of hydrogen-bond acceptors (Lipinski definition) is 3. The van der Waals surface area contributed by atoms with Crippen LogP contribution in [0.25, 0.3) is 0 Å². The Labute approximate surface area is 111 Å². The van der Waals surface area contributed by atoms with Crippen molar-refractivity contribution in [1.29, 1.82) is 0 Å². The van der Waals surface area contributed by atoms with Gasteiger partial charge in [0.05, 0.1) is 11.6 Å². The van der Waals surface area contributed by atoms with Crippen molar-refractivity contribution in [2.45, 2.75) is 58.6 Å². The second-order valence-corrected chi connectivity index (χ2v) is 5.87. The number of rotatable bonds is 5. The van der Waals surface area contributed by atoms with E-state index in [-0.39, 0.29) is 17.9 Å². The minimum absolute atomic E-state index is 0.00767. The first-order valence-corrected chi connectivity index (χ1v) is 7.12. The van der Waals surface area contributed by atoms with Crippen LogP contribution in [0.15, 0.2) is 0 Å². The Morgan fingerprint density at radius 3 is 2.72 bits per heavy atom. The third-order valence-electron chi connectivity index (χ3n) is 4.19. The second-order valence-electron chi connectivity index (χ2n) is 5.87. The highest BCUT2D eigenvalue weighted by atomic mass is 16.3. The van der Waals surface area contributed by atoms with Crippen LogP contribution in [0.1, 0.15) is 47.0 Å². The van der Waals surface area contributed by atoms with Gasteiger partial charge >= 0.3 is 0 Å². The standard InChI is InChI=1S/C14H28N2O2/c1-5-16-9-7-6-8-12(16)13(17)15-10-14(4,18)11(2)3/h11-12,18H,5-10H2,1-4H3,(H,15,17). The largest absolute Gasteiger partial charge is 0.388 e. The summed E-state index contributed by atoms with van der Waals surface area (Å²) in [4.78, 5) is 14.4. The molecule has 0 radical (unpaired) electrons. The number of carbonyl (C=O) groups excluding carboxylic acids is 1. The van der Waals surface area contributed by atoms with Crippen LogP contribution in [0.2, 0.25) is 0 Å². The zero-order valence-corrected chi connectivity index (χ0v) is 12.2. The van der Waals surface area contributed by atoms with Gasteiger partial charge in [-0.25, -0.2) is 0 Å². The van der Waals surface area contributed by atoms with Gasteiger partial charge in [-0.3, -0.25) is 9.69 Å². The highest BCUT2D eigenvalue weighted by Gasteiger charge is 2.30.